The Hall–Kier alpha value is 0.440. The third-order valence-electron chi connectivity index (χ3n) is 0.552. The Morgan fingerprint density at radius 3 is 2.43 bits per heavy atom. The standard InChI is InChI=1S/C5H11BrO/c1-3-4-7-5(2)6/h5H,3-4H2,1-2H3. The van der Waals surface area contributed by atoms with E-state index in [1.54, 1.807) is 0 Å². The molecule has 1 unspecified atom stereocenters. The molecule has 0 aliphatic rings. The van der Waals surface area contributed by atoms with E-state index in [4.69, 9.17) is 4.74 Å². The average molecular weight is 167 g/mol. The van der Waals surface area contributed by atoms with Crippen LogP contribution in [0.25, 0.3) is 0 Å². The molecule has 2 heteroatoms. The Balaban J connectivity index is 2.68. The summed E-state index contributed by atoms with van der Waals surface area (Å²) in [5.41, 5.74) is 0. The molecule has 0 spiro atoms. The number of ether oxygens (including phenoxy) is 1. The van der Waals surface area contributed by atoms with Crippen LogP contribution >= 0.6 is 15.9 Å². The van der Waals surface area contributed by atoms with Crippen molar-refractivity contribution < 1.29 is 4.74 Å². The molecular weight excluding hydrogens is 156 g/mol. The van der Waals surface area contributed by atoms with Gasteiger partial charge >= 0.3 is 0 Å². The minimum atomic E-state index is 0.215. The van der Waals surface area contributed by atoms with Gasteiger partial charge in [0.15, 0.2) is 0 Å². The summed E-state index contributed by atoms with van der Waals surface area (Å²) in [6, 6.07) is 0. The normalized spacial score (nSPS) is 14.1. The van der Waals surface area contributed by atoms with E-state index in [0.29, 0.717) is 0 Å². The van der Waals surface area contributed by atoms with Gasteiger partial charge in [-0.15, -0.1) is 0 Å². The highest BCUT2D eigenvalue weighted by Gasteiger charge is 1.89. The first-order chi connectivity index (χ1) is 3.27. The van der Waals surface area contributed by atoms with Crippen molar-refractivity contribution in [2.24, 2.45) is 0 Å². The van der Waals surface area contributed by atoms with Crippen molar-refractivity contribution in [3.05, 3.63) is 0 Å². The van der Waals surface area contributed by atoms with Gasteiger partial charge in [-0.05, 0) is 13.3 Å². The second-order valence-electron chi connectivity index (χ2n) is 1.41. The smallest absolute Gasteiger partial charge is 0.109 e. The molecule has 0 aromatic rings. The molecule has 44 valence electrons. The molecular formula is C5H11BrO. The average Bonchev–Trinajstić information content (AvgIpc) is 1.61. The zero-order valence-corrected chi connectivity index (χ0v) is 6.36. The second kappa shape index (κ2) is 4.60. The van der Waals surface area contributed by atoms with E-state index in [1.807, 2.05) is 6.92 Å². The monoisotopic (exact) mass is 166 g/mol. The fraction of sp³-hybridized carbons (Fsp3) is 1.00. The lowest BCUT2D eigenvalue weighted by Crippen LogP contribution is -1.98. The lowest BCUT2D eigenvalue weighted by Gasteiger charge is -2.01. The molecule has 0 saturated carbocycles. The summed E-state index contributed by atoms with van der Waals surface area (Å²) in [4.78, 5) is 0. The van der Waals surface area contributed by atoms with Crippen molar-refractivity contribution >= 4 is 15.9 Å². The zero-order valence-electron chi connectivity index (χ0n) is 4.78. The molecule has 0 amide bonds. The van der Waals surface area contributed by atoms with Gasteiger partial charge in [-0.3, -0.25) is 0 Å². The van der Waals surface area contributed by atoms with Crippen molar-refractivity contribution in [3.63, 3.8) is 0 Å². The third kappa shape index (κ3) is 6.44. The van der Waals surface area contributed by atoms with E-state index >= 15 is 0 Å². The molecule has 0 N–H and O–H groups in total. The van der Waals surface area contributed by atoms with Gasteiger partial charge < -0.3 is 4.74 Å². The fourth-order valence-corrected chi connectivity index (χ4v) is 0.467. The molecule has 0 aromatic heterocycles. The van der Waals surface area contributed by atoms with Crippen LogP contribution in [0.3, 0.4) is 0 Å². The van der Waals surface area contributed by atoms with Crippen molar-refractivity contribution in [1.29, 1.82) is 0 Å². The van der Waals surface area contributed by atoms with Crippen LogP contribution in [-0.4, -0.2) is 11.6 Å². The highest BCUT2D eigenvalue weighted by Crippen LogP contribution is 1.98. The Labute approximate surface area is 53.2 Å². The van der Waals surface area contributed by atoms with E-state index < -0.39 is 0 Å². The van der Waals surface area contributed by atoms with Crippen LogP contribution in [0.1, 0.15) is 20.3 Å². The van der Waals surface area contributed by atoms with Crippen LogP contribution in [0.15, 0.2) is 0 Å². The maximum Gasteiger partial charge on any atom is 0.109 e. The number of rotatable bonds is 3. The van der Waals surface area contributed by atoms with Gasteiger partial charge in [0.05, 0.1) is 0 Å². The summed E-state index contributed by atoms with van der Waals surface area (Å²) in [6.45, 7) is 4.91. The number of halogens is 1. The molecule has 1 nitrogen and oxygen atoms in total. The van der Waals surface area contributed by atoms with Gasteiger partial charge in [0.25, 0.3) is 0 Å². The largest absolute Gasteiger partial charge is 0.367 e. The van der Waals surface area contributed by atoms with Crippen LogP contribution in [0.4, 0.5) is 0 Å². The highest BCUT2D eigenvalue weighted by molar-refractivity contribution is 9.09. The van der Waals surface area contributed by atoms with Crippen molar-refractivity contribution in [2.45, 2.75) is 25.3 Å². The SMILES string of the molecule is CCCOC(C)Br. The predicted molar refractivity (Wildman–Crippen MR) is 34.6 cm³/mol. The van der Waals surface area contributed by atoms with E-state index in [0.717, 1.165) is 13.0 Å². The molecule has 0 bridgehead atoms. The predicted octanol–water partition coefficient (Wildman–Crippen LogP) is 2.15. The number of alkyl halides is 1. The molecule has 0 aliphatic heterocycles. The maximum atomic E-state index is 5.11. The van der Waals surface area contributed by atoms with Gasteiger partial charge in [0.2, 0.25) is 0 Å². The lowest BCUT2D eigenvalue weighted by molar-refractivity contribution is 0.129. The number of hydrogen-bond acceptors (Lipinski definition) is 1. The third-order valence-corrected chi connectivity index (χ3v) is 0.816. The summed E-state index contributed by atoms with van der Waals surface area (Å²) >= 11 is 3.25. The second-order valence-corrected chi connectivity index (χ2v) is 2.70. The summed E-state index contributed by atoms with van der Waals surface area (Å²) < 4.78 is 5.11. The van der Waals surface area contributed by atoms with Crippen LogP contribution in [0, 0.1) is 0 Å². The molecule has 1 atom stereocenters. The highest BCUT2D eigenvalue weighted by atomic mass is 79.9. The van der Waals surface area contributed by atoms with E-state index in [-0.39, 0.29) is 5.01 Å². The van der Waals surface area contributed by atoms with Crippen LogP contribution < -0.4 is 0 Å². The first-order valence-corrected chi connectivity index (χ1v) is 3.44. The summed E-state index contributed by atoms with van der Waals surface area (Å²) in [6.07, 6.45) is 1.09. The van der Waals surface area contributed by atoms with Gasteiger partial charge in [-0.1, -0.05) is 22.9 Å². The van der Waals surface area contributed by atoms with Gasteiger partial charge in [0.1, 0.15) is 5.01 Å². The van der Waals surface area contributed by atoms with Crippen LogP contribution in [-0.2, 0) is 4.74 Å². The summed E-state index contributed by atoms with van der Waals surface area (Å²) in [7, 11) is 0. The van der Waals surface area contributed by atoms with E-state index in [2.05, 4.69) is 22.9 Å². The quantitative estimate of drug-likeness (QED) is 0.585. The molecule has 0 aliphatic carbocycles. The molecule has 0 radical (unpaired) electrons. The first kappa shape index (κ1) is 7.44. The Morgan fingerprint density at radius 2 is 2.29 bits per heavy atom. The zero-order chi connectivity index (χ0) is 5.70. The number of hydrogen-bond donors (Lipinski definition) is 0. The molecule has 0 aromatic carbocycles. The lowest BCUT2D eigenvalue weighted by atomic mass is 10.5. The molecule has 7 heavy (non-hydrogen) atoms. The van der Waals surface area contributed by atoms with E-state index in [1.165, 1.54) is 0 Å². The maximum absolute atomic E-state index is 5.11. The molecule has 0 saturated heterocycles. The minimum absolute atomic E-state index is 0.215. The van der Waals surface area contributed by atoms with Crippen LogP contribution in [0.2, 0.25) is 0 Å². The van der Waals surface area contributed by atoms with Gasteiger partial charge in [0, 0.05) is 6.61 Å². The fourth-order valence-electron chi connectivity index (χ4n) is 0.280. The van der Waals surface area contributed by atoms with Crippen molar-refractivity contribution in [2.75, 3.05) is 6.61 Å². The minimum Gasteiger partial charge on any atom is -0.367 e. The van der Waals surface area contributed by atoms with Crippen molar-refractivity contribution in [1.82, 2.24) is 0 Å². The van der Waals surface area contributed by atoms with Gasteiger partial charge in [-0.25, -0.2) is 0 Å². The summed E-state index contributed by atoms with van der Waals surface area (Å²) in [5.74, 6) is 0. The van der Waals surface area contributed by atoms with E-state index in [9.17, 15) is 0 Å². The Kier molecular flexibility index (Phi) is 4.88. The summed E-state index contributed by atoms with van der Waals surface area (Å²) in [5, 5.41) is 0.215. The van der Waals surface area contributed by atoms with Crippen molar-refractivity contribution in [3.8, 4) is 0 Å². The first-order valence-electron chi connectivity index (χ1n) is 2.53. The molecule has 0 rings (SSSR count). The molecule has 0 fully saturated rings. The van der Waals surface area contributed by atoms with Gasteiger partial charge in [-0.2, -0.15) is 0 Å². The molecule has 0 heterocycles. The topological polar surface area (TPSA) is 9.23 Å². The Morgan fingerprint density at radius 1 is 1.71 bits per heavy atom. The van der Waals surface area contributed by atoms with Crippen LogP contribution in [0.5, 0.6) is 0 Å². The Bertz CT molecular complexity index is 37.1.